The van der Waals surface area contributed by atoms with Crippen molar-refractivity contribution in [3.63, 3.8) is 0 Å². The minimum atomic E-state index is -4.94. The summed E-state index contributed by atoms with van der Waals surface area (Å²) in [7, 11) is -3.27. The molecule has 2 aliphatic rings. The molecule has 1 fully saturated rings. The third-order valence-corrected chi connectivity index (χ3v) is 7.84. The molecule has 1 heterocycles. The molecule has 1 N–H and O–H groups in total. The molecule has 1 aromatic heterocycles. The number of fused-ring (bicyclic) bond motifs is 3. The molecule has 0 amide bonds. The molecule has 3 aromatic rings. The molecule has 2 aromatic carbocycles. The zero-order valence-electron chi connectivity index (χ0n) is 21.7. The number of sulfone groups is 1. The number of halogens is 5. The van der Waals surface area contributed by atoms with Crippen molar-refractivity contribution in [1.29, 1.82) is 0 Å². The highest BCUT2D eigenvalue weighted by molar-refractivity contribution is 7.90. The highest BCUT2D eigenvalue weighted by Crippen LogP contribution is 2.56. The Labute approximate surface area is 232 Å². The van der Waals surface area contributed by atoms with Crippen LogP contribution >= 0.6 is 0 Å². The van der Waals surface area contributed by atoms with Gasteiger partial charge < -0.3 is 14.6 Å². The zero-order chi connectivity index (χ0) is 29.9. The van der Waals surface area contributed by atoms with Crippen LogP contribution in [0.15, 0.2) is 42.6 Å². The molecule has 1 saturated carbocycles. The number of carbonyl (C=O) groups is 1. The topological polar surface area (TPSA) is 103 Å². The smallest absolute Gasteiger partial charge is 0.417 e. The fraction of sp³-hybridized carbons (Fsp3) is 0.357. The van der Waals surface area contributed by atoms with Crippen molar-refractivity contribution in [3.05, 3.63) is 76.5 Å². The Morgan fingerprint density at radius 2 is 1.83 bits per heavy atom. The van der Waals surface area contributed by atoms with Gasteiger partial charge in [0.15, 0.2) is 0 Å². The lowest BCUT2D eigenvalue weighted by molar-refractivity contribution is -0.137. The summed E-state index contributed by atoms with van der Waals surface area (Å²) in [6.45, 7) is -0.762. The lowest BCUT2D eigenvalue weighted by atomic mass is 9.96. The third kappa shape index (κ3) is 7.51. The average Bonchev–Trinajstić information content (AvgIpc) is 3.56. The molecule has 2 unspecified atom stereocenters. The molecule has 2 aliphatic carbocycles. The van der Waals surface area contributed by atoms with Crippen molar-refractivity contribution in [1.82, 2.24) is 4.98 Å². The Kier molecular flexibility index (Phi) is 8.86. The summed E-state index contributed by atoms with van der Waals surface area (Å²) in [5, 5.41) is 6.89. The number of hydrogen-bond acceptors (Lipinski definition) is 6. The van der Waals surface area contributed by atoms with Gasteiger partial charge in [-0.3, -0.25) is 4.79 Å². The fourth-order valence-corrected chi connectivity index (χ4v) is 5.54. The van der Waals surface area contributed by atoms with Gasteiger partial charge in [-0.2, -0.15) is 13.2 Å². The SMILES string of the molecule is CS(=O)(=O)CCCOc1cc(F)c(-c2ccc(F)c(COc3cc4c(cn3)C3CC3C4)c2)c(C(F)(F)F)c1.O=CO. The number of alkyl halides is 3. The maximum Gasteiger partial charge on any atom is 0.417 e. The van der Waals surface area contributed by atoms with Gasteiger partial charge in [0.2, 0.25) is 5.88 Å². The highest BCUT2D eigenvalue weighted by Gasteiger charge is 2.45. The maximum absolute atomic E-state index is 15.1. The standard InChI is InChI=1S/C27H24F5NO4S.CH2O2/c1-38(34,35)6-2-5-36-19-11-22(27(30,31)32)26(24(29)12-19)15-3-4-23(28)18(7-15)14-37-25-10-17-8-16-9-20(16)21(17)13-33-25;2-1-3/h3-4,7,10-13,16,20H,2,5-6,8-9,14H2,1H3;1H,(H,2,3). The predicted molar refractivity (Wildman–Crippen MR) is 138 cm³/mol. The van der Waals surface area contributed by atoms with Gasteiger partial charge in [-0.1, -0.05) is 6.07 Å². The molecular formula is C28H26F5NO6S. The summed E-state index contributed by atoms with van der Waals surface area (Å²) in [4.78, 5) is 12.6. The van der Waals surface area contributed by atoms with Gasteiger partial charge in [0.1, 0.15) is 33.8 Å². The second kappa shape index (κ2) is 12.0. The van der Waals surface area contributed by atoms with Crippen molar-refractivity contribution in [2.24, 2.45) is 5.92 Å². The molecule has 220 valence electrons. The van der Waals surface area contributed by atoms with Crippen LogP contribution in [0, 0.1) is 17.6 Å². The van der Waals surface area contributed by atoms with Crippen molar-refractivity contribution in [3.8, 4) is 22.8 Å². The molecule has 41 heavy (non-hydrogen) atoms. The number of pyridine rings is 1. The van der Waals surface area contributed by atoms with E-state index in [4.69, 9.17) is 19.4 Å². The Morgan fingerprint density at radius 1 is 1.10 bits per heavy atom. The molecular weight excluding hydrogens is 573 g/mol. The van der Waals surface area contributed by atoms with Gasteiger partial charge in [0, 0.05) is 35.7 Å². The largest absolute Gasteiger partial charge is 0.493 e. The first kappa shape index (κ1) is 30.2. The van der Waals surface area contributed by atoms with E-state index < -0.39 is 44.5 Å². The Bertz CT molecular complexity index is 1540. The van der Waals surface area contributed by atoms with Crippen molar-refractivity contribution in [2.45, 2.75) is 38.0 Å². The van der Waals surface area contributed by atoms with Crippen LogP contribution in [0.2, 0.25) is 0 Å². The van der Waals surface area contributed by atoms with Gasteiger partial charge >= 0.3 is 6.18 Å². The second-order valence-corrected chi connectivity index (χ2v) is 12.1. The number of aromatic nitrogens is 1. The second-order valence-electron chi connectivity index (χ2n) is 9.89. The van der Waals surface area contributed by atoms with Crippen molar-refractivity contribution < 1.29 is 49.7 Å². The molecule has 0 bridgehead atoms. The van der Waals surface area contributed by atoms with E-state index in [0.29, 0.717) is 17.9 Å². The first-order valence-corrected chi connectivity index (χ1v) is 14.6. The van der Waals surface area contributed by atoms with E-state index in [1.165, 1.54) is 12.0 Å². The summed E-state index contributed by atoms with van der Waals surface area (Å²) in [5.74, 6) is -1.04. The molecule has 13 heteroatoms. The lowest BCUT2D eigenvalue weighted by Crippen LogP contribution is -2.11. The van der Waals surface area contributed by atoms with Crippen LogP contribution in [-0.2, 0) is 33.8 Å². The third-order valence-electron chi connectivity index (χ3n) is 6.81. The number of ether oxygens (including phenoxy) is 2. The number of hydrogen-bond donors (Lipinski definition) is 1. The van der Waals surface area contributed by atoms with Crippen LogP contribution in [0.25, 0.3) is 11.1 Å². The predicted octanol–water partition coefficient (Wildman–Crippen LogP) is 5.80. The van der Waals surface area contributed by atoms with E-state index in [9.17, 15) is 26.0 Å². The zero-order valence-corrected chi connectivity index (χ0v) is 22.6. The number of rotatable bonds is 9. The Balaban J connectivity index is 0.00000124. The summed E-state index contributed by atoms with van der Waals surface area (Å²) < 4.78 is 105. The van der Waals surface area contributed by atoms with Crippen molar-refractivity contribution >= 4 is 16.3 Å². The number of carboxylic acid groups (broad SMARTS) is 1. The quantitative estimate of drug-likeness (QED) is 0.189. The minimum Gasteiger partial charge on any atom is -0.493 e. The molecule has 0 radical (unpaired) electrons. The fourth-order valence-electron chi connectivity index (χ4n) is 4.90. The molecule has 2 atom stereocenters. The van der Waals surface area contributed by atoms with E-state index in [2.05, 4.69) is 4.98 Å². The monoisotopic (exact) mass is 599 g/mol. The van der Waals surface area contributed by atoms with Gasteiger partial charge in [0.05, 0.1) is 17.9 Å². The van der Waals surface area contributed by atoms with Crippen LogP contribution in [-0.4, -0.2) is 43.6 Å². The molecule has 7 nitrogen and oxygen atoms in total. The first-order valence-electron chi connectivity index (χ1n) is 12.5. The normalized spacial score (nSPS) is 17.1. The van der Waals surface area contributed by atoms with Crippen LogP contribution in [0.5, 0.6) is 11.6 Å². The van der Waals surface area contributed by atoms with Crippen LogP contribution in [0.4, 0.5) is 22.0 Å². The van der Waals surface area contributed by atoms with Crippen LogP contribution in [0.1, 0.15) is 41.0 Å². The van der Waals surface area contributed by atoms with Crippen molar-refractivity contribution in [2.75, 3.05) is 18.6 Å². The van der Waals surface area contributed by atoms with E-state index in [-0.39, 0.29) is 48.9 Å². The molecule has 0 saturated heterocycles. The summed E-state index contributed by atoms with van der Waals surface area (Å²) in [5.41, 5.74) is 0.0567. The van der Waals surface area contributed by atoms with E-state index >= 15 is 4.39 Å². The van der Waals surface area contributed by atoms with Gasteiger partial charge in [-0.05, 0) is 66.0 Å². The minimum absolute atomic E-state index is 0.0329. The van der Waals surface area contributed by atoms with Crippen LogP contribution < -0.4 is 9.47 Å². The summed E-state index contributed by atoms with van der Waals surface area (Å²) >= 11 is 0. The average molecular weight is 600 g/mol. The maximum atomic E-state index is 15.1. The summed E-state index contributed by atoms with van der Waals surface area (Å²) in [6, 6.07) is 6.41. The number of nitrogens with zero attached hydrogens (tertiary/aromatic N) is 1. The first-order chi connectivity index (χ1) is 19.3. The van der Waals surface area contributed by atoms with E-state index in [1.54, 1.807) is 12.3 Å². The molecule has 0 aliphatic heterocycles. The van der Waals surface area contributed by atoms with Gasteiger partial charge in [-0.15, -0.1) is 0 Å². The Morgan fingerprint density at radius 3 is 2.51 bits per heavy atom. The van der Waals surface area contributed by atoms with Gasteiger partial charge in [0.25, 0.3) is 6.47 Å². The Hall–Kier alpha value is -3.74. The van der Waals surface area contributed by atoms with Gasteiger partial charge in [-0.25, -0.2) is 22.2 Å². The summed E-state index contributed by atoms with van der Waals surface area (Å²) in [6.07, 6.45) is -0.0207. The van der Waals surface area contributed by atoms with E-state index in [0.717, 1.165) is 42.5 Å². The molecule has 5 rings (SSSR count). The van der Waals surface area contributed by atoms with Crippen LogP contribution in [0.3, 0.4) is 0 Å². The van der Waals surface area contributed by atoms with E-state index in [1.807, 2.05) is 0 Å². The lowest BCUT2D eigenvalue weighted by Gasteiger charge is -2.17. The molecule has 0 spiro atoms. The highest BCUT2D eigenvalue weighted by atomic mass is 32.2. The number of benzene rings is 2.